The van der Waals surface area contributed by atoms with Gasteiger partial charge in [-0.25, -0.2) is 4.68 Å². The molecule has 0 spiro atoms. The van der Waals surface area contributed by atoms with Gasteiger partial charge in [0.25, 0.3) is 0 Å². The minimum Gasteiger partial charge on any atom is -0.497 e. The molecule has 1 aliphatic rings. The molecule has 8 nitrogen and oxygen atoms in total. The second-order valence-corrected chi connectivity index (χ2v) is 6.64. The van der Waals surface area contributed by atoms with E-state index < -0.39 is 0 Å². The fourth-order valence-corrected chi connectivity index (χ4v) is 3.59. The zero-order valence-corrected chi connectivity index (χ0v) is 15.3. The van der Waals surface area contributed by atoms with E-state index >= 15 is 0 Å². The normalized spacial score (nSPS) is 16.3. The third kappa shape index (κ3) is 3.37. The van der Waals surface area contributed by atoms with Crippen LogP contribution in [0.5, 0.6) is 5.75 Å². The molecule has 26 heavy (non-hydrogen) atoms. The summed E-state index contributed by atoms with van der Waals surface area (Å²) in [5.41, 5.74) is 1.46. The second kappa shape index (κ2) is 7.33. The van der Waals surface area contributed by atoms with Crippen molar-refractivity contribution in [3.8, 4) is 5.75 Å². The molecule has 0 saturated carbocycles. The van der Waals surface area contributed by atoms with Gasteiger partial charge in [-0.05, 0) is 37.5 Å². The summed E-state index contributed by atoms with van der Waals surface area (Å²) >= 11 is 0. The summed E-state index contributed by atoms with van der Waals surface area (Å²) in [6, 6.07) is 8.02. The van der Waals surface area contributed by atoms with Crippen LogP contribution >= 0.6 is 0 Å². The first-order valence-electron chi connectivity index (χ1n) is 8.61. The molecule has 1 aliphatic heterocycles. The van der Waals surface area contributed by atoms with Crippen LogP contribution in [0.25, 0.3) is 0 Å². The maximum atomic E-state index is 11.4. The molecule has 0 aliphatic carbocycles. The van der Waals surface area contributed by atoms with Gasteiger partial charge < -0.3 is 14.8 Å². The van der Waals surface area contributed by atoms with E-state index in [0.717, 1.165) is 18.6 Å². The fraction of sp³-hybridized carbons (Fsp3) is 0.500. The number of ether oxygens (including phenoxy) is 2. The molecule has 0 bridgehead atoms. The van der Waals surface area contributed by atoms with Crippen molar-refractivity contribution in [2.24, 2.45) is 7.05 Å². The highest BCUT2D eigenvalue weighted by Crippen LogP contribution is 2.37. The molecule has 2 aromatic rings. The highest BCUT2D eigenvalue weighted by atomic mass is 16.6. The first kappa shape index (κ1) is 18.2. The van der Waals surface area contributed by atoms with E-state index in [1.165, 1.54) is 10.2 Å². The Morgan fingerprint density at radius 1 is 1.35 bits per heavy atom. The van der Waals surface area contributed by atoms with E-state index in [1.54, 1.807) is 21.1 Å². The Bertz CT molecular complexity index is 779. The number of hydrogen-bond donors (Lipinski definition) is 1. The van der Waals surface area contributed by atoms with Crippen LogP contribution in [-0.2, 0) is 17.2 Å². The molecule has 1 N–H and O–H groups in total. The number of aromatic nitrogens is 2. The maximum Gasteiger partial charge on any atom is 0.333 e. The topological polar surface area (TPSA) is 91.5 Å². The summed E-state index contributed by atoms with van der Waals surface area (Å²) in [5.74, 6) is 1.24. The Kier molecular flexibility index (Phi) is 5.13. The van der Waals surface area contributed by atoms with Gasteiger partial charge in [0.1, 0.15) is 11.4 Å². The molecule has 1 aromatic heterocycles. The lowest BCUT2D eigenvalue weighted by Crippen LogP contribution is -2.40. The van der Waals surface area contributed by atoms with Crippen LogP contribution in [0.3, 0.4) is 0 Å². The smallest absolute Gasteiger partial charge is 0.333 e. The van der Waals surface area contributed by atoms with Crippen LogP contribution in [0.4, 0.5) is 11.5 Å². The van der Waals surface area contributed by atoms with Gasteiger partial charge in [-0.3, -0.25) is 10.1 Å². The summed E-state index contributed by atoms with van der Waals surface area (Å²) in [4.78, 5) is 11.0. The van der Waals surface area contributed by atoms with Gasteiger partial charge in [-0.2, -0.15) is 5.10 Å². The molecular weight excluding hydrogens is 336 g/mol. The average molecular weight is 360 g/mol. The fourth-order valence-electron chi connectivity index (χ4n) is 3.59. The summed E-state index contributed by atoms with van der Waals surface area (Å²) in [5, 5.41) is 18.9. The number of aryl methyl sites for hydroxylation is 2. The Morgan fingerprint density at radius 3 is 2.58 bits per heavy atom. The molecule has 2 heterocycles. The van der Waals surface area contributed by atoms with E-state index in [-0.39, 0.29) is 16.0 Å². The van der Waals surface area contributed by atoms with E-state index in [2.05, 4.69) is 22.5 Å². The van der Waals surface area contributed by atoms with Crippen molar-refractivity contribution in [3.05, 3.63) is 45.6 Å². The van der Waals surface area contributed by atoms with Crippen molar-refractivity contribution in [1.29, 1.82) is 0 Å². The van der Waals surface area contributed by atoms with Crippen molar-refractivity contribution < 1.29 is 14.4 Å². The van der Waals surface area contributed by atoms with Crippen LogP contribution < -0.4 is 10.1 Å². The molecule has 140 valence electrons. The first-order chi connectivity index (χ1) is 12.5. The molecular formula is C18H24N4O4. The van der Waals surface area contributed by atoms with Crippen molar-refractivity contribution in [1.82, 2.24) is 9.78 Å². The van der Waals surface area contributed by atoms with Crippen LogP contribution in [-0.4, -0.2) is 41.6 Å². The predicted molar refractivity (Wildman–Crippen MR) is 97.8 cm³/mol. The molecule has 3 rings (SSSR count). The van der Waals surface area contributed by atoms with E-state index in [9.17, 15) is 10.1 Å². The summed E-state index contributed by atoms with van der Waals surface area (Å²) in [6.45, 7) is 3.56. The lowest BCUT2D eigenvalue weighted by atomic mass is 9.74. The minimum absolute atomic E-state index is 0.0319. The summed E-state index contributed by atoms with van der Waals surface area (Å²) < 4.78 is 12.3. The Balaban J connectivity index is 1.89. The Hall–Kier alpha value is -2.61. The lowest BCUT2D eigenvalue weighted by Gasteiger charge is -2.38. The van der Waals surface area contributed by atoms with Gasteiger partial charge in [0, 0.05) is 32.2 Å². The van der Waals surface area contributed by atoms with Crippen molar-refractivity contribution in [3.63, 3.8) is 0 Å². The number of rotatable bonds is 6. The van der Waals surface area contributed by atoms with Crippen molar-refractivity contribution in [2.75, 3.05) is 32.2 Å². The monoisotopic (exact) mass is 360 g/mol. The first-order valence-corrected chi connectivity index (χ1v) is 8.61. The van der Waals surface area contributed by atoms with Gasteiger partial charge in [-0.15, -0.1) is 0 Å². The zero-order chi connectivity index (χ0) is 18.7. The number of benzene rings is 1. The Morgan fingerprint density at radius 2 is 2.00 bits per heavy atom. The number of nitro groups is 1. The number of nitrogens with one attached hydrogen (secondary N) is 1. The molecule has 0 atom stereocenters. The van der Waals surface area contributed by atoms with E-state index in [1.807, 2.05) is 12.1 Å². The van der Waals surface area contributed by atoms with E-state index in [0.29, 0.717) is 31.3 Å². The molecule has 0 unspecified atom stereocenters. The highest BCUT2D eigenvalue weighted by Gasteiger charge is 2.36. The van der Waals surface area contributed by atoms with Crippen LogP contribution in [0.2, 0.25) is 0 Å². The van der Waals surface area contributed by atoms with Crippen LogP contribution in [0, 0.1) is 17.0 Å². The molecule has 1 saturated heterocycles. The van der Waals surface area contributed by atoms with Crippen molar-refractivity contribution >= 4 is 11.5 Å². The van der Waals surface area contributed by atoms with Gasteiger partial charge in [0.2, 0.25) is 5.82 Å². The third-order valence-electron chi connectivity index (χ3n) is 5.12. The van der Waals surface area contributed by atoms with Gasteiger partial charge >= 0.3 is 5.69 Å². The largest absolute Gasteiger partial charge is 0.497 e. The maximum absolute atomic E-state index is 11.4. The number of methoxy groups -OCH3 is 1. The predicted octanol–water partition coefficient (Wildman–Crippen LogP) is 2.81. The standard InChI is InChI=1S/C18H24N4O4/c1-13-16(22(23)24)17(21(2)20-13)19-12-18(8-10-26-11-9-18)14-4-6-15(25-3)7-5-14/h4-7,19H,8-12H2,1-3H3. The number of anilines is 1. The minimum atomic E-state index is -0.380. The number of nitrogens with zero attached hydrogens (tertiary/aromatic N) is 3. The SMILES string of the molecule is COc1ccc(C2(CNc3c([N+](=O)[O-])c(C)nn3C)CCOCC2)cc1. The third-order valence-corrected chi connectivity index (χ3v) is 5.12. The van der Waals surface area contributed by atoms with Gasteiger partial charge in [0.05, 0.1) is 12.0 Å². The van der Waals surface area contributed by atoms with Crippen LogP contribution in [0.15, 0.2) is 24.3 Å². The van der Waals surface area contributed by atoms with Gasteiger partial charge in [0.15, 0.2) is 0 Å². The van der Waals surface area contributed by atoms with Crippen LogP contribution in [0.1, 0.15) is 24.1 Å². The van der Waals surface area contributed by atoms with Gasteiger partial charge in [-0.1, -0.05) is 12.1 Å². The molecule has 8 heteroatoms. The summed E-state index contributed by atoms with van der Waals surface area (Å²) in [6.07, 6.45) is 1.69. The lowest BCUT2D eigenvalue weighted by molar-refractivity contribution is -0.384. The molecule has 1 aromatic carbocycles. The number of hydrogen-bond acceptors (Lipinski definition) is 6. The van der Waals surface area contributed by atoms with E-state index in [4.69, 9.17) is 9.47 Å². The second-order valence-electron chi connectivity index (χ2n) is 6.64. The highest BCUT2D eigenvalue weighted by molar-refractivity contribution is 5.59. The molecule has 1 fully saturated rings. The zero-order valence-electron chi connectivity index (χ0n) is 15.3. The van der Waals surface area contributed by atoms with Crippen molar-refractivity contribution in [2.45, 2.75) is 25.2 Å². The summed E-state index contributed by atoms with van der Waals surface area (Å²) in [7, 11) is 3.36. The molecule has 0 amide bonds. The average Bonchev–Trinajstić information content (AvgIpc) is 2.94. The molecule has 0 radical (unpaired) electrons. The quantitative estimate of drug-likeness (QED) is 0.629. The Labute approximate surface area is 152 Å².